The highest BCUT2D eigenvalue weighted by Gasteiger charge is 2.44. The van der Waals surface area contributed by atoms with Gasteiger partial charge in [-0.1, -0.05) is 24.3 Å². The van der Waals surface area contributed by atoms with Crippen molar-refractivity contribution in [2.45, 2.75) is 6.04 Å². The minimum atomic E-state index is -0.959. The monoisotopic (exact) mass is 416 g/mol. The smallest absolute Gasteiger partial charge is 0.290 e. The molecule has 1 unspecified atom stereocenters. The first-order chi connectivity index (χ1) is 14.1. The van der Waals surface area contributed by atoms with E-state index in [1.54, 1.807) is 35.7 Å². The van der Waals surface area contributed by atoms with Crippen LogP contribution in [0, 0.1) is 5.82 Å². The summed E-state index contributed by atoms with van der Waals surface area (Å²) in [6.45, 7) is 3.54. The highest BCUT2D eigenvalue weighted by Crippen LogP contribution is 2.40. The Hall–Kier alpha value is -2.55. The van der Waals surface area contributed by atoms with Gasteiger partial charge in [0.2, 0.25) is 5.78 Å². The topological polar surface area (TPSA) is 70.1 Å². The van der Waals surface area contributed by atoms with E-state index in [-0.39, 0.29) is 17.7 Å². The number of rotatable bonds is 6. The van der Waals surface area contributed by atoms with Crippen molar-refractivity contribution in [1.29, 1.82) is 0 Å². The first-order valence-electron chi connectivity index (χ1n) is 9.44. The van der Waals surface area contributed by atoms with E-state index in [4.69, 9.17) is 4.74 Å². The number of aliphatic hydroxyl groups is 1. The zero-order valence-electron chi connectivity index (χ0n) is 15.7. The van der Waals surface area contributed by atoms with Crippen LogP contribution in [0.3, 0.4) is 0 Å². The van der Waals surface area contributed by atoms with Crippen molar-refractivity contribution in [3.05, 3.63) is 69.4 Å². The number of amides is 1. The summed E-state index contributed by atoms with van der Waals surface area (Å²) in [5, 5.41) is 12.3. The van der Waals surface area contributed by atoms with E-state index >= 15 is 0 Å². The zero-order chi connectivity index (χ0) is 20.4. The van der Waals surface area contributed by atoms with Crippen LogP contribution in [0.15, 0.2) is 53.1 Å². The SMILES string of the molecule is O=C(C1=C(O)C(=O)N(CCN2CCOCC2)C1c1ccccc1F)c1cccs1. The summed E-state index contributed by atoms with van der Waals surface area (Å²) < 4.78 is 20.0. The molecule has 0 bridgehead atoms. The number of ketones is 1. The molecule has 29 heavy (non-hydrogen) atoms. The van der Waals surface area contributed by atoms with E-state index in [1.807, 2.05) is 0 Å². The van der Waals surface area contributed by atoms with Crippen molar-refractivity contribution in [1.82, 2.24) is 9.80 Å². The number of carbonyl (C=O) groups excluding carboxylic acids is 2. The summed E-state index contributed by atoms with van der Waals surface area (Å²) in [6, 6.07) is 8.45. The largest absolute Gasteiger partial charge is 0.503 e. The minimum absolute atomic E-state index is 0.0653. The number of halogens is 1. The van der Waals surface area contributed by atoms with E-state index in [2.05, 4.69) is 4.90 Å². The van der Waals surface area contributed by atoms with Crippen molar-refractivity contribution >= 4 is 23.0 Å². The average Bonchev–Trinajstić information content (AvgIpc) is 3.35. The molecule has 4 rings (SSSR count). The maximum atomic E-state index is 14.7. The fraction of sp³-hybridized carbons (Fsp3) is 0.333. The second kappa shape index (κ2) is 8.44. The van der Waals surface area contributed by atoms with E-state index in [9.17, 15) is 19.1 Å². The van der Waals surface area contributed by atoms with Crippen molar-refractivity contribution < 1.29 is 23.8 Å². The normalized spacial score (nSPS) is 20.5. The molecule has 1 N–H and O–H groups in total. The van der Waals surface area contributed by atoms with Crippen molar-refractivity contribution in [3.63, 3.8) is 0 Å². The third kappa shape index (κ3) is 3.83. The molecule has 1 aromatic heterocycles. The summed E-state index contributed by atoms with van der Waals surface area (Å²) >= 11 is 1.22. The second-order valence-corrected chi connectivity index (χ2v) is 7.89. The van der Waals surface area contributed by atoms with Gasteiger partial charge in [0.25, 0.3) is 5.91 Å². The van der Waals surface area contributed by atoms with Crippen LogP contribution in [-0.4, -0.2) is 66.0 Å². The van der Waals surface area contributed by atoms with Gasteiger partial charge in [-0.2, -0.15) is 0 Å². The molecule has 0 aliphatic carbocycles. The average molecular weight is 416 g/mol. The summed E-state index contributed by atoms with van der Waals surface area (Å²) in [5.41, 5.74) is 0.135. The lowest BCUT2D eigenvalue weighted by atomic mass is 9.95. The van der Waals surface area contributed by atoms with Crippen LogP contribution in [0.1, 0.15) is 21.3 Å². The Morgan fingerprint density at radius 1 is 1.17 bits per heavy atom. The first kappa shape index (κ1) is 19.8. The molecule has 152 valence electrons. The number of nitrogens with zero attached hydrogens (tertiary/aromatic N) is 2. The van der Waals surface area contributed by atoms with Gasteiger partial charge in [0.05, 0.1) is 29.7 Å². The number of Topliss-reactive ketones (excluding diaryl/α,β-unsaturated/α-hetero) is 1. The number of hydrogen-bond acceptors (Lipinski definition) is 6. The van der Waals surface area contributed by atoms with Crippen LogP contribution >= 0.6 is 11.3 Å². The van der Waals surface area contributed by atoms with E-state index in [1.165, 1.54) is 22.3 Å². The maximum absolute atomic E-state index is 14.7. The number of carbonyl (C=O) groups is 2. The molecule has 0 saturated carbocycles. The first-order valence-corrected chi connectivity index (χ1v) is 10.3. The van der Waals surface area contributed by atoms with Gasteiger partial charge in [0, 0.05) is 31.7 Å². The van der Waals surface area contributed by atoms with Crippen molar-refractivity contribution in [2.24, 2.45) is 0 Å². The molecular weight excluding hydrogens is 395 g/mol. The van der Waals surface area contributed by atoms with Crippen LogP contribution in [-0.2, 0) is 9.53 Å². The summed E-state index contributed by atoms with van der Waals surface area (Å²) in [5.74, 6) is -2.22. The Morgan fingerprint density at radius 3 is 2.62 bits per heavy atom. The minimum Gasteiger partial charge on any atom is -0.503 e. The Labute approximate surface area is 171 Å². The Balaban J connectivity index is 1.68. The molecule has 2 aliphatic rings. The standard InChI is InChI=1S/C21H21FN2O4S/c22-15-5-2-1-4-14(15)18-17(19(25)16-6-3-13-29-16)20(26)21(27)24(18)8-7-23-9-11-28-12-10-23/h1-6,13,18,26H,7-12H2. The van der Waals surface area contributed by atoms with Crippen LogP contribution < -0.4 is 0 Å². The van der Waals surface area contributed by atoms with Gasteiger partial charge in [-0.25, -0.2) is 4.39 Å². The van der Waals surface area contributed by atoms with Gasteiger partial charge in [-0.05, 0) is 17.5 Å². The predicted molar refractivity (Wildman–Crippen MR) is 106 cm³/mol. The number of aliphatic hydroxyl groups excluding tert-OH is 1. The summed E-state index contributed by atoms with van der Waals surface area (Å²) in [4.78, 5) is 29.9. The van der Waals surface area contributed by atoms with Gasteiger partial charge in [-0.3, -0.25) is 14.5 Å². The van der Waals surface area contributed by atoms with Gasteiger partial charge in [0.15, 0.2) is 5.76 Å². The molecule has 6 nitrogen and oxygen atoms in total. The molecule has 2 aromatic rings. The molecule has 0 spiro atoms. The highest BCUT2D eigenvalue weighted by molar-refractivity contribution is 7.12. The lowest BCUT2D eigenvalue weighted by Crippen LogP contribution is -2.43. The number of morpholine rings is 1. The predicted octanol–water partition coefficient (Wildman–Crippen LogP) is 2.80. The number of hydrogen-bond donors (Lipinski definition) is 1. The molecule has 1 amide bonds. The summed E-state index contributed by atoms with van der Waals surface area (Å²) in [7, 11) is 0. The quantitative estimate of drug-likeness (QED) is 0.734. The molecule has 3 heterocycles. The molecule has 8 heteroatoms. The van der Waals surface area contributed by atoms with Crippen LogP contribution in [0.4, 0.5) is 4.39 Å². The zero-order valence-corrected chi connectivity index (χ0v) is 16.5. The molecule has 0 radical (unpaired) electrons. The van der Waals surface area contributed by atoms with Crippen molar-refractivity contribution in [2.75, 3.05) is 39.4 Å². The molecule has 1 atom stereocenters. The number of thiophene rings is 1. The van der Waals surface area contributed by atoms with Crippen LogP contribution in [0.25, 0.3) is 0 Å². The Morgan fingerprint density at radius 2 is 1.93 bits per heavy atom. The van der Waals surface area contributed by atoms with E-state index in [0.717, 1.165) is 13.1 Å². The molecule has 1 fully saturated rings. The Kier molecular flexibility index (Phi) is 5.75. The Bertz CT molecular complexity index is 938. The third-order valence-electron chi connectivity index (χ3n) is 5.25. The fourth-order valence-corrected chi connectivity index (χ4v) is 4.43. The number of benzene rings is 1. The van der Waals surface area contributed by atoms with E-state index < -0.39 is 29.3 Å². The van der Waals surface area contributed by atoms with Gasteiger partial charge >= 0.3 is 0 Å². The molecule has 2 aliphatic heterocycles. The molecule has 1 aromatic carbocycles. The lowest BCUT2D eigenvalue weighted by Gasteiger charge is -2.31. The van der Waals surface area contributed by atoms with E-state index in [0.29, 0.717) is 24.6 Å². The fourth-order valence-electron chi connectivity index (χ4n) is 3.75. The van der Waals surface area contributed by atoms with Gasteiger partial charge in [0.1, 0.15) is 5.82 Å². The van der Waals surface area contributed by atoms with Crippen LogP contribution in [0.5, 0.6) is 0 Å². The van der Waals surface area contributed by atoms with Crippen molar-refractivity contribution in [3.8, 4) is 0 Å². The second-order valence-electron chi connectivity index (χ2n) is 6.95. The van der Waals surface area contributed by atoms with Crippen LogP contribution in [0.2, 0.25) is 0 Å². The third-order valence-corrected chi connectivity index (χ3v) is 6.12. The van der Waals surface area contributed by atoms with Gasteiger partial charge < -0.3 is 14.7 Å². The molecular formula is C21H21FN2O4S. The summed E-state index contributed by atoms with van der Waals surface area (Å²) in [6.07, 6.45) is 0. The molecule has 1 saturated heterocycles. The maximum Gasteiger partial charge on any atom is 0.290 e. The number of ether oxygens (including phenoxy) is 1. The lowest BCUT2D eigenvalue weighted by molar-refractivity contribution is -0.129. The highest BCUT2D eigenvalue weighted by atomic mass is 32.1. The van der Waals surface area contributed by atoms with Gasteiger partial charge in [-0.15, -0.1) is 11.3 Å².